The van der Waals surface area contributed by atoms with Crippen molar-refractivity contribution in [1.29, 1.82) is 0 Å². The summed E-state index contributed by atoms with van der Waals surface area (Å²) in [5, 5.41) is 0. The Morgan fingerprint density at radius 1 is 1.26 bits per heavy atom. The maximum atomic E-state index is 12.6. The fourth-order valence-electron chi connectivity index (χ4n) is 3.22. The van der Waals surface area contributed by atoms with Gasteiger partial charge in [0.05, 0.1) is 5.92 Å². The number of nitrogens with two attached hydrogens (primary N) is 1. The molecule has 1 fully saturated rings. The van der Waals surface area contributed by atoms with E-state index < -0.39 is 0 Å². The Labute approximate surface area is 120 Å². The average molecular weight is 281 g/mol. The van der Waals surface area contributed by atoms with Gasteiger partial charge in [-0.25, -0.2) is 0 Å². The lowest BCUT2D eigenvalue weighted by atomic mass is 9.82. The molecule has 2 N–H and O–H groups in total. The number of hydrogen-bond donors (Lipinski definition) is 1. The van der Waals surface area contributed by atoms with E-state index in [2.05, 4.69) is 18.2 Å². The minimum Gasteiger partial charge on any atom is -0.341 e. The number of rotatable bonds is 1. The molecule has 3 rings (SSSR count). The Bertz CT molecular complexity index is 463. The van der Waals surface area contributed by atoms with Gasteiger partial charge in [-0.15, -0.1) is 12.4 Å². The van der Waals surface area contributed by atoms with Crippen LogP contribution in [0.15, 0.2) is 24.3 Å². The predicted octanol–water partition coefficient (Wildman–Crippen LogP) is 2.09. The van der Waals surface area contributed by atoms with E-state index in [1.807, 2.05) is 11.0 Å². The van der Waals surface area contributed by atoms with Gasteiger partial charge in [0.1, 0.15) is 0 Å². The Hall–Kier alpha value is -1.06. The quantitative estimate of drug-likeness (QED) is 0.856. The Balaban J connectivity index is 0.00000133. The third kappa shape index (κ3) is 2.77. The molecule has 1 aromatic carbocycles. The van der Waals surface area contributed by atoms with Gasteiger partial charge in [-0.1, -0.05) is 24.3 Å². The molecule has 4 heteroatoms. The topological polar surface area (TPSA) is 46.3 Å². The monoisotopic (exact) mass is 280 g/mol. The molecule has 1 heterocycles. The van der Waals surface area contributed by atoms with Gasteiger partial charge in [0, 0.05) is 19.1 Å². The smallest absolute Gasteiger partial charge is 0.230 e. The Morgan fingerprint density at radius 3 is 2.79 bits per heavy atom. The Kier molecular flexibility index (Phi) is 4.48. The summed E-state index contributed by atoms with van der Waals surface area (Å²) >= 11 is 0. The molecule has 0 saturated carbocycles. The van der Waals surface area contributed by atoms with Crippen molar-refractivity contribution >= 4 is 18.3 Å². The van der Waals surface area contributed by atoms with Crippen molar-refractivity contribution in [1.82, 2.24) is 4.90 Å². The summed E-state index contributed by atoms with van der Waals surface area (Å²) in [6.45, 7) is 1.57. The summed E-state index contributed by atoms with van der Waals surface area (Å²) in [5.41, 5.74) is 8.49. The molecule has 2 atom stereocenters. The highest BCUT2D eigenvalue weighted by molar-refractivity contribution is 5.85. The number of carbonyl (C=O) groups is 1. The molecule has 1 unspecified atom stereocenters. The summed E-state index contributed by atoms with van der Waals surface area (Å²) < 4.78 is 0. The molecule has 2 aliphatic rings. The first-order valence-corrected chi connectivity index (χ1v) is 6.88. The van der Waals surface area contributed by atoms with E-state index in [9.17, 15) is 4.79 Å². The molecule has 1 saturated heterocycles. The van der Waals surface area contributed by atoms with E-state index in [0.717, 1.165) is 38.8 Å². The highest BCUT2D eigenvalue weighted by atomic mass is 35.5. The van der Waals surface area contributed by atoms with Crippen molar-refractivity contribution in [2.45, 2.75) is 37.6 Å². The fraction of sp³-hybridized carbons (Fsp3) is 0.533. The average Bonchev–Trinajstić information content (AvgIpc) is 2.84. The summed E-state index contributed by atoms with van der Waals surface area (Å²) in [6.07, 6.45) is 4.16. The first-order valence-electron chi connectivity index (χ1n) is 6.88. The second-order valence-electron chi connectivity index (χ2n) is 5.48. The molecule has 1 aliphatic heterocycles. The number of halogens is 1. The zero-order valence-corrected chi connectivity index (χ0v) is 11.9. The molecule has 1 amide bonds. The van der Waals surface area contributed by atoms with Crippen LogP contribution in [0.2, 0.25) is 0 Å². The summed E-state index contributed by atoms with van der Waals surface area (Å²) in [5.74, 6) is 0.357. The van der Waals surface area contributed by atoms with E-state index >= 15 is 0 Å². The number of likely N-dealkylation sites (tertiary alicyclic amines) is 1. The number of carbonyl (C=O) groups excluding carboxylic acids is 1. The molecule has 3 nitrogen and oxygen atoms in total. The van der Waals surface area contributed by atoms with Crippen LogP contribution in [0.1, 0.15) is 36.3 Å². The van der Waals surface area contributed by atoms with Crippen LogP contribution >= 0.6 is 12.4 Å². The van der Waals surface area contributed by atoms with Crippen LogP contribution in [0.4, 0.5) is 0 Å². The van der Waals surface area contributed by atoms with Gasteiger partial charge in [0.25, 0.3) is 0 Å². The second kappa shape index (κ2) is 5.93. The SMILES string of the molecule is Cl.N[C@@H]1CCN(C(=O)C2CCCc3ccccc32)C1. The molecule has 1 aliphatic carbocycles. The second-order valence-corrected chi connectivity index (χ2v) is 5.48. The lowest BCUT2D eigenvalue weighted by molar-refractivity contribution is -0.132. The van der Waals surface area contributed by atoms with E-state index in [-0.39, 0.29) is 30.3 Å². The molecular weight excluding hydrogens is 260 g/mol. The number of nitrogens with zero attached hydrogens (tertiary/aromatic N) is 1. The minimum absolute atomic E-state index is 0. The maximum absolute atomic E-state index is 12.6. The number of fused-ring (bicyclic) bond motifs is 1. The van der Waals surface area contributed by atoms with Crippen molar-refractivity contribution < 1.29 is 4.79 Å². The lowest BCUT2D eigenvalue weighted by Gasteiger charge is -2.28. The van der Waals surface area contributed by atoms with Crippen LogP contribution in [0, 0.1) is 0 Å². The summed E-state index contributed by atoms with van der Waals surface area (Å²) in [4.78, 5) is 14.5. The zero-order chi connectivity index (χ0) is 12.5. The highest BCUT2D eigenvalue weighted by Crippen LogP contribution is 2.33. The molecule has 1 aromatic rings. The van der Waals surface area contributed by atoms with Crippen molar-refractivity contribution in [2.24, 2.45) is 5.73 Å². The largest absolute Gasteiger partial charge is 0.341 e. The number of amides is 1. The van der Waals surface area contributed by atoms with Gasteiger partial charge >= 0.3 is 0 Å². The molecule has 104 valence electrons. The van der Waals surface area contributed by atoms with Crippen LogP contribution in [0.3, 0.4) is 0 Å². The zero-order valence-electron chi connectivity index (χ0n) is 11.0. The third-order valence-corrected chi connectivity index (χ3v) is 4.20. The normalized spacial score (nSPS) is 25.6. The van der Waals surface area contributed by atoms with Crippen LogP contribution < -0.4 is 5.73 Å². The maximum Gasteiger partial charge on any atom is 0.230 e. The number of hydrogen-bond acceptors (Lipinski definition) is 2. The fourth-order valence-corrected chi connectivity index (χ4v) is 3.22. The van der Waals surface area contributed by atoms with Crippen molar-refractivity contribution in [3.63, 3.8) is 0 Å². The molecule has 19 heavy (non-hydrogen) atoms. The van der Waals surface area contributed by atoms with E-state index in [0.29, 0.717) is 0 Å². The standard InChI is InChI=1S/C15H20N2O.ClH/c16-12-8-9-17(10-12)15(18)14-7-3-5-11-4-1-2-6-13(11)14;/h1-2,4,6,12,14H,3,5,7-10,16H2;1H/t12-,14?;/m1./s1. The third-order valence-electron chi connectivity index (χ3n) is 4.20. The van der Waals surface area contributed by atoms with Crippen LogP contribution in [-0.2, 0) is 11.2 Å². The minimum atomic E-state index is 0. The van der Waals surface area contributed by atoms with Crippen molar-refractivity contribution in [2.75, 3.05) is 13.1 Å². The van der Waals surface area contributed by atoms with Gasteiger partial charge in [-0.2, -0.15) is 0 Å². The molecule has 0 aromatic heterocycles. The lowest BCUT2D eigenvalue weighted by Crippen LogP contribution is -2.36. The van der Waals surface area contributed by atoms with E-state index in [1.54, 1.807) is 0 Å². The van der Waals surface area contributed by atoms with Crippen LogP contribution in [0.5, 0.6) is 0 Å². The van der Waals surface area contributed by atoms with Crippen molar-refractivity contribution in [3.8, 4) is 0 Å². The van der Waals surface area contributed by atoms with Gasteiger partial charge in [0.2, 0.25) is 5.91 Å². The first-order chi connectivity index (χ1) is 8.75. The van der Waals surface area contributed by atoms with Gasteiger partial charge < -0.3 is 10.6 Å². The first kappa shape index (κ1) is 14.4. The molecule has 0 radical (unpaired) electrons. The van der Waals surface area contributed by atoms with Gasteiger partial charge in [-0.3, -0.25) is 4.79 Å². The van der Waals surface area contributed by atoms with Crippen LogP contribution in [0.25, 0.3) is 0 Å². The summed E-state index contributed by atoms with van der Waals surface area (Å²) in [7, 11) is 0. The molecule has 0 bridgehead atoms. The number of aryl methyl sites for hydroxylation is 1. The predicted molar refractivity (Wildman–Crippen MR) is 78.5 cm³/mol. The summed E-state index contributed by atoms with van der Waals surface area (Å²) in [6, 6.07) is 8.56. The molecule has 0 spiro atoms. The molecular formula is C15H21ClN2O. The highest BCUT2D eigenvalue weighted by Gasteiger charge is 2.32. The number of benzene rings is 1. The van der Waals surface area contributed by atoms with Gasteiger partial charge in [0.15, 0.2) is 0 Å². The van der Waals surface area contributed by atoms with Gasteiger partial charge in [-0.05, 0) is 36.8 Å². The van der Waals surface area contributed by atoms with E-state index in [1.165, 1.54) is 11.1 Å². The van der Waals surface area contributed by atoms with Crippen molar-refractivity contribution in [3.05, 3.63) is 35.4 Å². The van der Waals surface area contributed by atoms with Crippen LogP contribution in [-0.4, -0.2) is 29.9 Å². The Morgan fingerprint density at radius 2 is 2.05 bits per heavy atom. The van der Waals surface area contributed by atoms with E-state index in [4.69, 9.17) is 5.73 Å².